The fourth-order valence-electron chi connectivity index (χ4n) is 3.28. The van der Waals surface area contributed by atoms with E-state index in [1.807, 2.05) is 0 Å². The van der Waals surface area contributed by atoms with Gasteiger partial charge in [-0.05, 0) is 45.2 Å². The van der Waals surface area contributed by atoms with Crippen molar-refractivity contribution in [1.29, 1.82) is 0 Å². The van der Waals surface area contributed by atoms with Crippen molar-refractivity contribution in [2.45, 2.75) is 57.4 Å². The van der Waals surface area contributed by atoms with Gasteiger partial charge in [-0.2, -0.15) is 0 Å². The highest BCUT2D eigenvalue weighted by molar-refractivity contribution is 4.90. The van der Waals surface area contributed by atoms with E-state index in [1.165, 1.54) is 0 Å². The minimum atomic E-state index is -2.40. The molecule has 0 amide bonds. The van der Waals surface area contributed by atoms with Crippen LogP contribution in [-0.2, 0) is 0 Å². The number of alkyl halides is 2. The van der Waals surface area contributed by atoms with E-state index in [0.717, 1.165) is 39.0 Å². The minimum absolute atomic E-state index is 0.0921. The Morgan fingerprint density at radius 1 is 1.39 bits per heavy atom. The number of rotatable bonds is 3. The van der Waals surface area contributed by atoms with Gasteiger partial charge in [-0.3, -0.25) is 0 Å². The summed E-state index contributed by atoms with van der Waals surface area (Å²) in [5.41, 5.74) is 0.150. The second-order valence-electron chi connectivity index (χ2n) is 6.39. The van der Waals surface area contributed by atoms with E-state index in [1.54, 1.807) is 0 Å². The van der Waals surface area contributed by atoms with Gasteiger partial charge in [0.05, 0.1) is 0 Å². The first-order chi connectivity index (χ1) is 8.42. The second-order valence-corrected chi connectivity index (χ2v) is 6.39. The highest BCUT2D eigenvalue weighted by Crippen LogP contribution is 2.39. The topological polar surface area (TPSA) is 15.3 Å². The maximum absolute atomic E-state index is 13.2. The highest BCUT2D eigenvalue weighted by Gasteiger charge is 2.40. The van der Waals surface area contributed by atoms with E-state index in [-0.39, 0.29) is 24.3 Å². The molecule has 2 unspecified atom stereocenters. The summed E-state index contributed by atoms with van der Waals surface area (Å²) in [5.74, 6) is -2.21. The van der Waals surface area contributed by atoms with E-state index in [0.29, 0.717) is 6.42 Å². The van der Waals surface area contributed by atoms with Crippen molar-refractivity contribution >= 4 is 0 Å². The Hall–Kier alpha value is -0.220. The zero-order valence-electron chi connectivity index (χ0n) is 11.6. The maximum atomic E-state index is 13.2. The third kappa shape index (κ3) is 3.64. The van der Waals surface area contributed by atoms with E-state index in [9.17, 15) is 8.78 Å². The Labute approximate surface area is 109 Å². The van der Waals surface area contributed by atoms with Gasteiger partial charge in [0.2, 0.25) is 5.92 Å². The van der Waals surface area contributed by atoms with Gasteiger partial charge in [-0.1, -0.05) is 6.92 Å². The molecule has 0 aromatic heterocycles. The molecule has 2 fully saturated rings. The average Bonchev–Trinajstić information content (AvgIpc) is 2.53. The minimum Gasteiger partial charge on any atom is -0.310 e. The molecule has 2 rings (SSSR count). The molecule has 1 aliphatic carbocycles. The van der Waals surface area contributed by atoms with Crippen LogP contribution in [0.15, 0.2) is 0 Å². The second kappa shape index (κ2) is 5.41. The number of hydrogen-bond donors (Lipinski definition) is 1. The summed E-state index contributed by atoms with van der Waals surface area (Å²) in [6.07, 6.45) is 3.09. The summed E-state index contributed by atoms with van der Waals surface area (Å²) < 4.78 is 26.4. The molecule has 1 saturated heterocycles. The Balaban J connectivity index is 1.88. The van der Waals surface area contributed by atoms with Crippen LogP contribution in [0.4, 0.5) is 8.78 Å². The van der Waals surface area contributed by atoms with Crippen LogP contribution in [0, 0.1) is 5.92 Å². The normalized spacial score (nSPS) is 37.7. The molecule has 1 saturated carbocycles. The lowest BCUT2D eigenvalue weighted by Gasteiger charge is -2.33. The van der Waals surface area contributed by atoms with Crippen LogP contribution < -0.4 is 5.32 Å². The number of hydrogen-bond acceptors (Lipinski definition) is 2. The monoisotopic (exact) mass is 260 g/mol. The van der Waals surface area contributed by atoms with Crippen molar-refractivity contribution < 1.29 is 8.78 Å². The molecule has 18 heavy (non-hydrogen) atoms. The average molecular weight is 260 g/mol. The molecule has 0 aromatic carbocycles. The van der Waals surface area contributed by atoms with Crippen molar-refractivity contribution in [2.24, 2.45) is 5.92 Å². The van der Waals surface area contributed by atoms with Gasteiger partial charge in [-0.15, -0.1) is 0 Å². The van der Waals surface area contributed by atoms with Crippen molar-refractivity contribution in [3.8, 4) is 0 Å². The first kappa shape index (κ1) is 14.2. The van der Waals surface area contributed by atoms with Crippen LogP contribution in [0.3, 0.4) is 0 Å². The molecule has 106 valence electrons. The molecular formula is C14H26F2N2. The SMILES string of the molecule is CCC1(C)CN(CC2CCC(F)(F)C2)CCCN1. The Bertz CT molecular complexity index is 283. The summed E-state index contributed by atoms with van der Waals surface area (Å²) in [4.78, 5) is 2.40. The predicted octanol–water partition coefficient (Wildman–Crippen LogP) is 2.89. The molecule has 1 aliphatic heterocycles. The van der Waals surface area contributed by atoms with Gasteiger partial charge in [0.25, 0.3) is 0 Å². The fraction of sp³-hybridized carbons (Fsp3) is 1.00. The van der Waals surface area contributed by atoms with Crippen molar-refractivity contribution in [3.05, 3.63) is 0 Å². The highest BCUT2D eigenvalue weighted by atomic mass is 19.3. The van der Waals surface area contributed by atoms with Gasteiger partial charge < -0.3 is 10.2 Å². The standard InChI is InChI=1S/C14H26F2N2/c1-3-13(2)11-18(8-4-7-17-13)10-12-5-6-14(15,16)9-12/h12,17H,3-11H2,1-2H3. The third-order valence-electron chi connectivity index (χ3n) is 4.58. The van der Waals surface area contributed by atoms with Crippen molar-refractivity contribution in [3.63, 3.8) is 0 Å². The van der Waals surface area contributed by atoms with E-state index in [4.69, 9.17) is 0 Å². The Morgan fingerprint density at radius 2 is 2.17 bits per heavy atom. The molecule has 2 nitrogen and oxygen atoms in total. The van der Waals surface area contributed by atoms with Gasteiger partial charge in [-0.25, -0.2) is 8.78 Å². The predicted molar refractivity (Wildman–Crippen MR) is 70.0 cm³/mol. The molecular weight excluding hydrogens is 234 g/mol. The van der Waals surface area contributed by atoms with Crippen LogP contribution in [-0.4, -0.2) is 42.5 Å². The quantitative estimate of drug-likeness (QED) is 0.839. The van der Waals surface area contributed by atoms with Gasteiger partial charge in [0.15, 0.2) is 0 Å². The maximum Gasteiger partial charge on any atom is 0.248 e. The number of nitrogens with zero attached hydrogens (tertiary/aromatic N) is 1. The molecule has 1 heterocycles. The summed E-state index contributed by atoms with van der Waals surface area (Å²) in [5, 5.41) is 3.59. The van der Waals surface area contributed by atoms with E-state index in [2.05, 4.69) is 24.1 Å². The number of nitrogens with one attached hydrogen (secondary N) is 1. The largest absolute Gasteiger partial charge is 0.310 e. The third-order valence-corrected chi connectivity index (χ3v) is 4.58. The molecule has 0 spiro atoms. The molecule has 0 aromatic rings. The van der Waals surface area contributed by atoms with Crippen molar-refractivity contribution in [2.75, 3.05) is 26.2 Å². The summed E-state index contributed by atoms with van der Waals surface area (Å²) in [7, 11) is 0. The smallest absolute Gasteiger partial charge is 0.248 e. The van der Waals surface area contributed by atoms with E-state index >= 15 is 0 Å². The lowest BCUT2D eigenvalue weighted by molar-refractivity contribution is 0.00324. The van der Waals surface area contributed by atoms with Crippen LogP contribution in [0.25, 0.3) is 0 Å². The van der Waals surface area contributed by atoms with Crippen LogP contribution >= 0.6 is 0 Å². The van der Waals surface area contributed by atoms with Gasteiger partial charge in [0, 0.05) is 31.5 Å². The Kier molecular flexibility index (Phi) is 4.27. The van der Waals surface area contributed by atoms with Gasteiger partial charge in [0.1, 0.15) is 0 Å². The number of halogens is 2. The molecule has 2 atom stereocenters. The van der Waals surface area contributed by atoms with Crippen LogP contribution in [0.1, 0.15) is 46.0 Å². The summed E-state index contributed by atoms with van der Waals surface area (Å²) in [6.45, 7) is 8.37. The van der Waals surface area contributed by atoms with E-state index < -0.39 is 5.92 Å². The Morgan fingerprint density at radius 3 is 2.78 bits per heavy atom. The first-order valence-electron chi connectivity index (χ1n) is 7.28. The summed E-state index contributed by atoms with van der Waals surface area (Å²) >= 11 is 0. The molecule has 4 heteroatoms. The lowest BCUT2D eigenvalue weighted by atomic mass is 9.97. The van der Waals surface area contributed by atoms with Crippen LogP contribution in [0.2, 0.25) is 0 Å². The zero-order chi connectivity index (χ0) is 13.2. The van der Waals surface area contributed by atoms with Crippen molar-refractivity contribution in [1.82, 2.24) is 10.2 Å². The van der Waals surface area contributed by atoms with Crippen LogP contribution in [0.5, 0.6) is 0 Å². The first-order valence-corrected chi connectivity index (χ1v) is 7.28. The lowest BCUT2D eigenvalue weighted by Crippen LogP contribution is -2.49. The van der Waals surface area contributed by atoms with Gasteiger partial charge >= 0.3 is 0 Å². The molecule has 0 bridgehead atoms. The molecule has 0 radical (unpaired) electrons. The summed E-state index contributed by atoms with van der Waals surface area (Å²) in [6, 6.07) is 0. The molecule has 2 aliphatic rings. The fourth-order valence-corrected chi connectivity index (χ4v) is 3.28. The zero-order valence-corrected chi connectivity index (χ0v) is 11.6. The molecule has 1 N–H and O–H groups in total.